The third kappa shape index (κ3) is 4.85. The summed E-state index contributed by atoms with van der Waals surface area (Å²) < 4.78 is 10.2. The highest BCUT2D eigenvalue weighted by molar-refractivity contribution is 6.32. The van der Waals surface area contributed by atoms with Gasteiger partial charge in [-0.25, -0.2) is 9.59 Å². The number of alkyl carbamates (subject to hydrolysis) is 1. The van der Waals surface area contributed by atoms with Crippen LogP contribution >= 0.6 is 11.6 Å². The number of benzene rings is 3. The second-order valence-electron chi connectivity index (χ2n) is 7.71. The Kier molecular flexibility index (Phi) is 7.05. The minimum absolute atomic E-state index is 0.00890. The summed E-state index contributed by atoms with van der Waals surface area (Å²) in [5, 5.41) is 3.05. The molecule has 1 aliphatic carbocycles. The molecule has 7 heteroatoms. The molecule has 6 nitrogen and oxygen atoms in total. The maximum atomic E-state index is 12.2. The molecule has 0 radical (unpaired) electrons. The number of nitrogens with two attached hydrogens (primary N) is 1. The number of hydrogen-bond donors (Lipinski definition) is 2. The molecule has 1 amide bonds. The molecule has 0 atom stereocenters. The monoisotopic (exact) mass is 474 g/mol. The van der Waals surface area contributed by atoms with Crippen molar-refractivity contribution in [2.45, 2.75) is 12.3 Å². The molecule has 3 aromatic rings. The number of halogens is 1. The first kappa shape index (κ1) is 23.2. The van der Waals surface area contributed by atoms with Gasteiger partial charge in [0.05, 0.1) is 17.7 Å². The first-order valence-electron chi connectivity index (χ1n) is 10.7. The Bertz CT molecular complexity index is 1260. The number of fused-ring (bicyclic) bond motifs is 3. The lowest BCUT2D eigenvalue weighted by Crippen LogP contribution is -2.26. The van der Waals surface area contributed by atoms with E-state index in [1.807, 2.05) is 24.3 Å². The predicted molar refractivity (Wildman–Crippen MR) is 132 cm³/mol. The average Bonchev–Trinajstić information content (AvgIpc) is 3.17. The normalized spacial score (nSPS) is 11.6. The molecule has 0 saturated carbocycles. The summed E-state index contributed by atoms with van der Waals surface area (Å²) in [4.78, 5) is 24.0. The van der Waals surface area contributed by atoms with Gasteiger partial charge in [0.25, 0.3) is 0 Å². The lowest BCUT2D eigenvalue weighted by Gasteiger charge is -2.14. The fourth-order valence-electron chi connectivity index (χ4n) is 4.01. The molecule has 3 aromatic carbocycles. The van der Waals surface area contributed by atoms with Crippen LogP contribution in [0.5, 0.6) is 0 Å². The molecule has 0 fully saturated rings. The highest BCUT2D eigenvalue weighted by atomic mass is 35.5. The van der Waals surface area contributed by atoms with Crippen LogP contribution in [0.4, 0.5) is 10.5 Å². The Morgan fingerprint density at radius 2 is 1.71 bits per heavy atom. The number of rotatable bonds is 5. The maximum absolute atomic E-state index is 12.2. The maximum Gasteiger partial charge on any atom is 0.407 e. The van der Waals surface area contributed by atoms with Gasteiger partial charge < -0.3 is 20.5 Å². The van der Waals surface area contributed by atoms with E-state index in [2.05, 4.69) is 41.4 Å². The zero-order chi connectivity index (χ0) is 24.1. The molecule has 0 bridgehead atoms. The highest BCUT2D eigenvalue weighted by Gasteiger charge is 2.28. The summed E-state index contributed by atoms with van der Waals surface area (Å²) in [7, 11) is 1.27. The van der Waals surface area contributed by atoms with Crippen LogP contribution in [-0.4, -0.2) is 32.3 Å². The lowest BCUT2D eigenvalue weighted by atomic mass is 9.98. The minimum Gasteiger partial charge on any atom is -0.465 e. The number of amides is 1. The van der Waals surface area contributed by atoms with Crippen molar-refractivity contribution in [1.29, 1.82) is 0 Å². The van der Waals surface area contributed by atoms with Crippen molar-refractivity contribution < 1.29 is 19.1 Å². The zero-order valence-electron chi connectivity index (χ0n) is 18.6. The van der Waals surface area contributed by atoms with E-state index in [-0.39, 0.29) is 23.8 Å². The molecule has 34 heavy (non-hydrogen) atoms. The Morgan fingerprint density at radius 1 is 1.06 bits per heavy atom. The van der Waals surface area contributed by atoms with Gasteiger partial charge in [0.15, 0.2) is 0 Å². The fourth-order valence-corrected chi connectivity index (χ4v) is 4.22. The fraction of sp³-hybridized carbons (Fsp3) is 0.185. The van der Waals surface area contributed by atoms with Crippen LogP contribution in [0.15, 0.2) is 60.7 Å². The van der Waals surface area contributed by atoms with E-state index in [4.69, 9.17) is 26.8 Å². The smallest absolute Gasteiger partial charge is 0.407 e. The molecule has 0 unspecified atom stereocenters. The molecule has 3 N–H and O–H groups in total. The number of carbonyl (C=O) groups excluding carboxylic acids is 2. The van der Waals surface area contributed by atoms with Gasteiger partial charge in [-0.1, -0.05) is 72.0 Å². The second kappa shape index (κ2) is 10.3. The van der Waals surface area contributed by atoms with E-state index in [0.717, 1.165) is 11.1 Å². The standard InChI is InChI=1S/C27H23ClN2O4/c1-33-26(31)22-14-17(24(28)15-25(22)29)8-6-7-13-30-27(32)34-16-23-20-11-4-2-9-18(20)19-10-3-5-12-21(19)23/h2-5,9-12,14-15,23H,7,13,16,29H2,1H3,(H,30,32). The molecule has 172 valence electrons. The molecule has 0 aliphatic heterocycles. The van der Waals surface area contributed by atoms with Gasteiger partial charge in [-0.15, -0.1) is 0 Å². The van der Waals surface area contributed by atoms with Crippen molar-refractivity contribution >= 4 is 29.4 Å². The van der Waals surface area contributed by atoms with E-state index in [1.165, 1.54) is 30.4 Å². The molecule has 0 saturated heterocycles. The highest BCUT2D eigenvalue weighted by Crippen LogP contribution is 2.44. The van der Waals surface area contributed by atoms with Crippen LogP contribution in [-0.2, 0) is 9.47 Å². The van der Waals surface area contributed by atoms with Crippen LogP contribution < -0.4 is 11.1 Å². The summed E-state index contributed by atoms with van der Waals surface area (Å²) in [5.41, 5.74) is 11.4. The number of methoxy groups -OCH3 is 1. The van der Waals surface area contributed by atoms with Crippen LogP contribution in [0.1, 0.15) is 39.4 Å². The predicted octanol–water partition coefficient (Wildman–Crippen LogP) is 4.99. The van der Waals surface area contributed by atoms with Crippen molar-refractivity contribution in [3.8, 4) is 23.0 Å². The van der Waals surface area contributed by atoms with Gasteiger partial charge in [-0.2, -0.15) is 0 Å². The van der Waals surface area contributed by atoms with E-state index in [9.17, 15) is 9.59 Å². The molecule has 1 aliphatic rings. The van der Waals surface area contributed by atoms with Crippen LogP contribution in [0.3, 0.4) is 0 Å². The first-order valence-corrected chi connectivity index (χ1v) is 11.1. The number of ether oxygens (including phenoxy) is 2. The number of hydrogen-bond acceptors (Lipinski definition) is 5. The summed E-state index contributed by atoms with van der Waals surface area (Å²) in [6.45, 7) is 0.559. The molecular formula is C27H23ClN2O4. The van der Waals surface area contributed by atoms with Gasteiger partial charge in [0.1, 0.15) is 6.61 Å². The Balaban J connectivity index is 1.31. The van der Waals surface area contributed by atoms with Crippen molar-refractivity contribution in [2.75, 3.05) is 26.0 Å². The number of nitrogens with one attached hydrogen (secondary N) is 1. The summed E-state index contributed by atoms with van der Waals surface area (Å²) in [6, 6.07) is 19.3. The Morgan fingerprint density at radius 3 is 2.35 bits per heavy atom. The topological polar surface area (TPSA) is 90.6 Å². The summed E-state index contributed by atoms with van der Waals surface area (Å²) in [5.74, 6) is 5.27. The van der Waals surface area contributed by atoms with Gasteiger partial charge in [0.2, 0.25) is 0 Å². The van der Waals surface area contributed by atoms with Gasteiger partial charge in [-0.05, 0) is 34.4 Å². The van der Waals surface area contributed by atoms with Crippen molar-refractivity contribution in [2.24, 2.45) is 0 Å². The third-order valence-electron chi connectivity index (χ3n) is 5.63. The average molecular weight is 475 g/mol. The molecule has 0 aromatic heterocycles. The van der Waals surface area contributed by atoms with Gasteiger partial charge in [-0.3, -0.25) is 0 Å². The Hall–Kier alpha value is -3.95. The second-order valence-corrected chi connectivity index (χ2v) is 8.12. The lowest BCUT2D eigenvalue weighted by molar-refractivity contribution is 0.0602. The van der Waals surface area contributed by atoms with Crippen molar-refractivity contribution in [3.05, 3.63) is 87.9 Å². The quantitative estimate of drug-likeness (QED) is 0.235. The van der Waals surface area contributed by atoms with E-state index >= 15 is 0 Å². The number of esters is 1. The first-order chi connectivity index (χ1) is 16.5. The molecule has 4 rings (SSSR count). The molecule has 0 heterocycles. The molecule has 0 spiro atoms. The number of nitrogen functional groups attached to an aromatic ring is 1. The summed E-state index contributed by atoms with van der Waals surface area (Å²) in [6.07, 6.45) is -0.125. The van der Waals surface area contributed by atoms with Crippen molar-refractivity contribution in [1.82, 2.24) is 5.32 Å². The van der Waals surface area contributed by atoms with E-state index < -0.39 is 12.1 Å². The minimum atomic E-state index is -0.561. The SMILES string of the molecule is COC(=O)c1cc(C#CCCNC(=O)OCC2c3ccccc3-c3ccccc32)c(Cl)cc1N. The van der Waals surface area contributed by atoms with Crippen LogP contribution in [0.2, 0.25) is 5.02 Å². The van der Waals surface area contributed by atoms with Crippen LogP contribution in [0.25, 0.3) is 11.1 Å². The third-order valence-corrected chi connectivity index (χ3v) is 5.94. The van der Waals surface area contributed by atoms with Gasteiger partial charge >= 0.3 is 12.1 Å². The molecular weight excluding hydrogens is 452 g/mol. The number of anilines is 1. The largest absolute Gasteiger partial charge is 0.465 e. The van der Waals surface area contributed by atoms with E-state index in [0.29, 0.717) is 23.6 Å². The van der Waals surface area contributed by atoms with Gasteiger partial charge in [0, 0.05) is 30.1 Å². The van der Waals surface area contributed by atoms with Crippen molar-refractivity contribution in [3.63, 3.8) is 0 Å². The van der Waals surface area contributed by atoms with E-state index in [1.54, 1.807) is 0 Å². The summed E-state index contributed by atoms with van der Waals surface area (Å²) >= 11 is 6.16. The zero-order valence-corrected chi connectivity index (χ0v) is 19.3. The number of carbonyl (C=O) groups is 2. The Labute approximate surface area is 203 Å². The van der Waals surface area contributed by atoms with Crippen LogP contribution in [0, 0.1) is 11.8 Å².